The average molecular weight is 559 g/mol. The van der Waals surface area contributed by atoms with Crippen molar-refractivity contribution in [2.45, 2.75) is 44.6 Å². The van der Waals surface area contributed by atoms with Gasteiger partial charge in [-0.3, -0.25) is 14.7 Å². The van der Waals surface area contributed by atoms with Gasteiger partial charge in [0.1, 0.15) is 5.76 Å². The first-order chi connectivity index (χ1) is 15.3. The van der Waals surface area contributed by atoms with Gasteiger partial charge in [0, 0.05) is 58.8 Å². The number of rotatable bonds is 7. The third-order valence-electron chi connectivity index (χ3n) is 6.44. The lowest BCUT2D eigenvalue weighted by atomic mass is 10.1. The van der Waals surface area contributed by atoms with E-state index in [0.29, 0.717) is 13.1 Å². The topological polar surface area (TPSA) is 73.5 Å². The number of hydrogen-bond acceptors (Lipinski definition) is 5. The van der Waals surface area contributed by atoms with E-state index in [1.807, 2.05) is 17.0 Å². The first kappa shape index (κ1) is 25.3. The Hall–Kier alpha value is -1.33. The van der Waals surface area contributed by atoms with E-state index in [2.05, 4.69) is 15.1 Å². The standard InChI is InChI=1S/C23H37N5O3.HI/c29-22(27-10-2-3-11-27)19-26-12-14-28(15-13-26)23(24-9-8-20-7-5-17-30-20)25-18-21-6-1-4-16-31-21;/h5,7,17,21H,1-4,6,8-16,18-19H2,(H,24,25);1H. The number of likely N-dealkylation sites (tertiary alicyclic amines) is 1. The number of nitrogens with zero attached hydrogens (tertiary/aromatic N) is 4. The number of furan rings is 1. The normalized spacial score (nSPS) is 22.6. The first-order valence-corrected chi connectivity index (χ1v) is 12.0. The van der Waals surface area contributed by atoms with Crippen LogP contribution >= 0.6 is 24.0 Å². The molecule has 8 nitrogen and oxygen atoms in total. The van der Waals surface area contributed by atoms with Crippen molar-refractivity contribution in [2.24, 2.45) is 4.99 Å². The van der Waals surface area contributed by atoms with E-state index >= 15 is 0 Å². The molecule has 32 heavy (non-hydrogen) atoms. The fourth-order valence-corrected chi connectivity index (χ4v) is 4.54. The molecule has 4 rings (SSSR count). The molecule has 9 heteroatoms. The number of ether oxygens (including phenoxy) is 1. The molecule has 1 aromatic heterocycles. The van der Waals surface area contributed by atoms with E-state index in [1.54, 1.807) is 6.26 Å². The monoisotopic (exact) mass is 559 g/mol. The molecule has 0 spiro atoms. The van der Waals surface area contributed by atoms with Gasteiger partial charge in [0.25, 0.3) is 0 Å². The largest absolute Gasteiger partial charge is 0.469 e. The third kappa shape index (κ3) is 7.62. The highest BCUT2D eigenvalue weighted by Gasteiger charge is 2.25. The summed E-state index contributed by atoms with van der Waals surface area (Å²) in [5.74, 6) is 2.21. The number of piperazine rings is 1. The molecule has 3 fully saturated rings. The highest BCUT2D eigenvalue weighted by molar-refractivity contribution is 14.0. The Morgan fingerprint density at radius 3 is 2.56 bits per heavy atom. The molecule has 0 radical (unpaired) electrons. The smallest absolute Gasteiger partial charge is 0.236 e. The summed E-state index contributed by atoms with van der Waals surface area (Å²) in [6.07, 6.45) is 8.55. The lowest BCUT2D eigenvalue weighted by Gasteiger charge is -2.37. The Balaban J connectivity index is 0.00000289. The van der Waals surface area contributed by atoms with Crippen LogP contribution in [0.5, 0.6) is 0 Å². The molecular formula is C23H38IN5O3. The van der Waals surface area contributed by atoms with Gasteiger partial charge in [0.05, 0.1) is 25.5 Å². The van der Waals surface area contributed by atoms with Gasteiger partial charge in [-0.2, -0.15) is 0 Å². The number of halogens is 1. The number of hydrogen-bond donors (Lipinski definition) is 1. The second kappa shape index (κ2) is 13.4. The van der Waals surface area contributed by atoms with Crippen molar-refractivity contribution in [3.05, 3.63) is 24.2 Å². The molecule has 1 aromatic rings. The van der Waals surface area contributed by atoms with Gasteiger partial charge in [-0.05, 0) is 44.2 Å². The molecule has 0 aromatic carbocycles. The van der Waals surface area contributed by atoms with Gasteiger partial charge in [-0.25, -0.2) is 0 Å². The van der Waals surface area contributed by atoms with E-state index in [-0.39, 0.29) is 36.0 Å². The maximum atomic E-state index is 12.5. The van der Waals surface area contributed by atoms with Crippen LogP contribution in [0.3, 0.4) is 0 Å². The SMILES string of the molecule is I.O=C(CN1CCN(C(=NCC2CCCCO2)NCCc2ccco2)CC1)N1CCCC1. The average Bonchev–Trinajstić information content (AvgIpc) is 3.52. The summed E-state index contributed by atoms with van der Waals surface area (Å²) in [5, 5.41) is 3.53. The fourth-order valence-electron chi connectivity index (χ4n) is 4.54. The predicted molar refractivity (Wildman–Crippen MR) is 136 cm³/mol. The maximum absolute atomic E-state index is 12.5. The number of nitrogens with one attached hydrogen (secondary N) is 1. The zero-order valence-electron chi connectivity index (χ0n) is 19.0. The van der Waals surface area contributed by atoms with Gasteiger partial charge in [0.2, 0.25) is 5.91 Å². The molecule has 1 unspecified atom stereocenters. The summed E-state index contributed by atoms with van der Waals surface area (Å²) in [6.45, 7) is 8.28. The van der Waals surface area contributed by atoms with E-state index in [1.165, 1.54) is 6.42 Å². The van der Waals surface area contributed by atoms with Crippen molar-refractivity contribution in [3.8, 4) is 0 Å². The molecule has 0 bridgehead atoms. The highest BCUT2D eigenvalue weighted by atomic mass is 127. The van der Waals surface area contributed by atoms with Crippen molar-refractivity contribution in [1.29, 1.82) is 0 Å². The van der Waals surface area contributed by atoms with Crippen LogP contribution in [0.1, 0.15) is 37.9 Å². The molecule has 3 aliphatic heterocycles. The van der Waals surface area contributed by atoms with Crippen LogP contribution in [0, 0.1) is 0 Å². The molecule has 1 amide bonds. The molecular weight excluding hydrogens is 521 g/mol. The summed E-state index contributed by atoms with van der Waals surface area (Å²) in [6, 6.07) is 3.93. The quantitative estimate of drug-likeness (QED) is 0.314. The van der Waals surface area contributed by atoms with Crippen LogP contribution in [0.15, 0.2) is 27.8 Å². The molecule has 3 aliphatic rings. The first-order valence-electron chi connectivity index (χ1n) is 12.0. The zero-order valence-corrected chi connectivity index (χ0v) is 21.4. The molecule has 0 saturated carbocycles. The molecule has 3 saturated heterocycles. The molecule has 0 aliphatic carbocycles. The van der Waals surface area contributed by atoms with Gasteiger partial charge in [-0.1, -0.05) is 0 Å². The van der Waals surface area contributed by atoms with E-state index in [0.717, 1.165) is 96.2 Å². The summed E-state index contributed by atoms with van der Waals surface area (Å²) in [7, 11) is 0. The van der Waals surface area contributed by atoms with Gasteiger partial charge in [-0.15, -0.1) is 24.0 Å². The number of guanidine groups is 1. The summed E-state index contributed by atoms with van der Waals surface area (Å²) in [4.78, 5) is 24.0. The molecule has 180 valence electrons. The van der Waals surface area contributed by atoms with Gasteiger partial charge in [0.15, 0.2) is 5.96 Å². The van der Waals surface area contributed by atoms with E-state index in [9.17, 15) is 4.79 Å². The Morgan fingerprint density at radius 1 is 1.06 bits per heavy atom. The third-order valence-corrected chi connectivity index (χ3v) is 6.44. The van der Waals surface area contributed by atoms with Crippen LogP contribution < -0.4 is 5.32 Å². The number of carbonyl (C=O) groups excluding carboxylic acids is 1. The number of aliphatic imine (C=N–C) groups is 1. The molecule has 4 heterocycles. The predicted octanol–water partition coefficient (Wildman–Crippen LogP) is 2.19. The number of carbonyl (C=O) groups is 1. The van der Waals surface area contributed by atoms with E-state index < -0.39 is 0 Å². The highest BCUT2D eigenvalue weighted by Crippen LogP contribution is 2.13. The van der Waals surface area contributed by atoms with Crippen molar-refractivity contribution in [2.75, 3.05) is 65.5 Å². The van der Waals surface area contributed by atoms with Crippen molar-refractivity contribution in [3.63, 3.8) is 0 Å². The Morgan fingerprint density at radius 2 is 1.88 bits per heavy atom. The second-order valence-corrected chi connectivity index (χ2v) is 8.76. The minimum Gasteiger partial charge on any atom is -0.469 e. The van der Waals surface area contributed by atoms with Gasteiger partial charge >= 0.3 is 0 Å². The fraction of sp³-hybridized carbons (Fsp3) is 0.739. The Bertz CT molecular complexity index is 694. The van der Waals surface area contributed by atoms with Crippen molar-refractivity contribution in [1.82, 2.24) is 20.0 Å². The van der Waals surface area contributed by atoms with Crippen LogP contribution in [0.2, 0.25) is 0 Å². The zero-order chi connectivity index (χ0) is 21.3. The Labute approximate surface area is 208 Å². The lowest BCUT2D eigenvalue weighted by molar-refractivity contribution is -0.131. The maximum Gasteiger partial charge on any atom is 0.236 e. The summed E-state index contributed by atoms with van der Waals surface area (Å²) >= 11 is 0. The summed E-state index contributed by atoms with van der Waals surface area (Å²) in [5.41, 5.74) is 0. The minimum atomic E-state index is 0. The number of amides is 1. The Kier molecular flexibility index (Phi) is 10.6. The minimum absolute atomic E-state index is 0. The lowest BCUT2D eigenvalue weighted by Crippen LogP contribution is -2.54. The summed E-state index contributed by atoms with van der Waals surface area (Å²) < 4.78 is 11.3. The van der Waals surface area contributed by atoms with Crippen molar-refractivity contribution >= 4 is 35.8 Å². The van der Waals surface area contributed by atoms with Gasteiger partial charge < -0.3 is 24.3 Å². The molecule has 1 atom stereocenters. The second-order valence-electron chi connectivity index (χ2n) is 8.76. The van der Waals surface area contributed by atoms with Crippen LogP contribution in [-0.4, -0.2) is 98.2 Å². The van der Waals surface area contributed by atoms with Crippen LogP contribution in [-0.2, 0) is 16.0 Å². The molecule has 1 N–H and O–H groups in total. The van der Waals surface area contributed by atoms with E-state index in [4.69, 9.17) is 14.1 Å². The van der Waals surface area contributed by atoms with Crippen molar-refractivity contribution < 1.29 is 13.9 Å². The van der Waals surface area contributed by atoms with Crippen LogP contribution in [0.25, 0.3) is 0 Å². The van der Waals surface area contributed by atoms with Crippen LogP contribution in [0.4, 0.5) is 0 Å².